The van der Waals surface area contributed by atoms with Crippen LogP contribution in [0, 0.1) is 0 Å². The van der Waals surface area contributed by atoms with Gasteiger partial charge in [0, 0.05) is 25.7 Å². The second-order valence-electron chi connectivity index (χ2n) is 4.32. The highest BCUT2D eigenvalue weighted by Crippen LogP contribution is 2.21. The van der Waals surface area contributed by atoms with Crippen LogP contribution in [0.4, 0.5) is 0 Å². The molecule has 0 atom stereocenters. The summed E-state index contributed by atoms with van der Waals surface area (Å²) in [6.07, 6.45) is 0.0768. The van der Waals surface area contributed by atoms with Crippen LogP contribution in [0.2, 0.25) is 0 Å². The van der Waals surface area contributed by atoms with Crippen molar-refractivity contribution in [2.45, 2.75) is 46.4 Å². The number of hydrogen-bond acceptors (Lipinski definition) is 5. The number of rotatable bonds is 7. The lowest BCUT2D eigenvalue weighted by Gasteiger charge is -2.24. The van der Waals surface area contributed by atoms with E-state index in [0.717, 1.165) is 0 Å². The number of cyclic esters (lactones) is 1. The lowest BCUT2D eigenvalue weighted by molar-refractivity contribution is -0.136. The molecule has 1 saturated heterocycles. The molecule has 0 aliphatic carbocycles. The third-order valence-electron chi connectivity index (χ3n) is 2.47. The fourth-order valence-electron chi connectivity index (χ4n) is 1.81. The number of nitrogens with one attached hydrogen (secondary N) is 1. The Hall–Kier alpha value is -1.07. The van der Waals surface area contributed by atoms with Gasteiger partial charge in [-0.25, -0.2) is 4.79 Å². The summed E-state index contributed by atoms with van der Waals surface area (Å²) in [6.45, 7) is 9.30. The van der Waals surface area contributed by atoms with Crippen LogP contribution in [0.25, 0.3) is 0 Å². The molecule has 5 heteroatoms. The molecule has 1 N–H and O–H groups in total. The first-order valence-corrected chi connectivity index (χ1v) is 6.50. The van der Waals surface area contributed by atoms with Crippen molar-refractivity contribution in [2.24, 2.45) is 0 Å². The number of carbonyl (C=O) groups is 1. The summed E-state index contributed by atoms with van der Waals surface area (Å²) in [5.74, 6) is -0.275. The maximum Gasteiger partial charge on any atom is 0.336 e. The maximum atomic E-state index is 11.7. The Bertz CT molecular complexity index is 306. The average Bonchev–Trinajstić information content (AvgIpc) is 2.72. The summed E-state index contributed by atoms with van der Waals surface area (Å²) < 4.78 is 16.1. The predicted molar refractivity (Wildman–Crippen MR) is 67.9 cm³/mol. The van der Waals surface area contributed by atoms with Crippen molar-refractivity contribution in [1.29, 1.82) is 0 Å². The largest absolute Gasteiger partial charge is 0.462 e. The number of carbonyl (C=O) groups excluding carboxylic acids is 1. The summed E-state index contributed by atoms with van der Waals surface area (Å²) in [7, 11) is 0. The first-order valence-electron chi connectivity index (χ1n) is 6.50. The number of hydrogen-bond donors (Lipinski definition) is 1. The quantitative estimate of drug-likeness (QED) is 0.426. The Kier molecular flexibility index (Phi) is 6.15. The molecule has 1 aliphatic rings. The zero-order chi connectivity index (χ0) is 13.5. The van der Waals surface area contributed by atoms with Crippen molar-refractivity contribution in [3.63, 3.8) is 0 Å². The van der Waals surface area contributed by atoms with Crippen LogP contribution < -0.4 is 5.32 Å². The van der Waals surface area contributed by atoms with Crippen molar-refractivity contribution in [3.05, 3.63) is 11.3 Å². The van der Waals surface area contributed by atoms with E-state index >= 15 is 0 Å². The van der Waals surface area contributed by atoms with E-state index in [4.69, 9.17) is 14.2 Å². The molecular formula is C13H23NO4. The third kappa shape index (κ3) is 3.99. The highest BCUT2D eigenvalue weighted by molar-refractivity contribution is 5.91. The van der Waals surface area contributed by atoms with Crippen LogP contribution in [-0.4, -0.2) is 38.1 Å². The minimum atomic E-state index is -0.525. The molecule has 1 aliphatic heterocycles. The first-order chi connectivity index (χ1) is 8.60. The smallest absolute Gasteiger partial charge is 0.336 e. The van der Waals surface area contributed by atoms with Gasteiger partial charge >= 0.3 is 5.97 Å². The van der Waals surface area contributed by atoms with Crippen LogP contribution in [0.1, 0.15) is 34.1 Å². The molecule has 5 nitrogen and oxygen atoms in total. The Morgan fingerprint density at radius 3 is 2.33 bits per heavy atom. The summed E-state index contributed by atoms with van der Waals surface area (Å²) >= 11 is 0. The lowest BCUT2D eigenvalue weighted by Crippen LogP contribution is -2.35. The van der Waals surface area contributed by atoms with Crippen LogP contribution in [0.15, 0.2) is 11.3 Å². The fraction of sp³-hybridized carbons (Fsp3) is 0.769. The maximum absolute atomic E-state index is 11.7. The standard InChI is InChI=1S/C13H23NO4/c1-5-16-13(17-6-2)11(14-9(3)4)10-7-8-18-12(10)15/h9,13-14H,5-8H2,1-4H3/b11-10-. The zero-order valence-electron chi connectivity index (χ0n) is 11.6. The minimum absolute atomic E-state index is 0.198. The van der Waals surface area contributed by atoms with Gasteiger partial charge in [0.05, 0.1) is 17.9 Å². The summed E-state index contributed by atoms with van der Waals surface area (Å²) in [5, 5.41) is 3.25. The molecule has 0 aromatic heterocycles. The van der Waals surface area contributed by atoms with Gasteiger partial charge in [0.25, 0.3) is 0 Å². The number of ether oxygens (including phenoxy) is 3. The molecule has 1 fully saturated rings. The monoisotopic (exact) mass is 257 g/mol. The van der Waals surface area contributed by atoms with Gasteiger partial charge in [-0.05, 0) is 27.7 Å². The van der Waals surface area contributed by atoms with E-state index in [-0.39, 0.29) is 12.0 Å². The molecule has 0 aromatic carbocycles. The van der Waals surface area contributed by atoms with Gasteiger partial charge in [-0.2, -0.15) is 0 Å². The van der Waals surface area contributed by atoms with Gasteiger partial charge in [-0.15, -0.1) is 0 Å². The van der Waals surface area contributed by atoms with Crippen LogP contribution >= 0.6 is 0 Å². The highest BCUT2D eigenvalue weighted by Gasteiger charge is 2.28. The summed E-state index contributed by atoms with van der Waals surface area (Å²) in [5.41, 5.74) is 1.34. The Labute approximate surface area is 108 Å². The van der Waals surface area contributed by atoms with Crippen molar-refractivity contribution in [2.75, 3.05) is 19.8 Å². The van der Waals surface area contributed by atoms with Crippen LogP contribution in [0.5, 0.6) is 0 Å². The molecule has 0 aromatic rings. The second-order valence-corrected chi connectivity index (χ2v) is 4.32. The van der Waals surface area contributed by atoms with Gasteiger partial charge in [-0.1, -0.05) is 0 Å². The average molecular weight is 257 g/mol. The van der Waals surface area contributed by atoms with Gasteiger partial charge < -0.3 is 19.5 Å². The van der Waals surface area contributed by atoms with Crippen molar-refractivity contribution in [1.82, 2.24) is 5.32 Å². The van der Waals surface area contributed by atoms with Gasteiger partial charge in [-0.3, -0.25) is 0 Å². The van der Waals surface area contributed by atoms with E-state index in [0.29, 0.717) is 37.5 Å². The third-order valence-corrected chi connectivity index (χ3v) is 2.47. The summed E-state index contributed by atoms with van der Waals surface area (Å²) in [6, 6.07) is 0.198. The van der Waals surface area contributed by atoms with Crippen molar-refractivity contribution in [3.8, 4) is 0 Å². The lowest BCUT2D eigenvalue weighted by atomic mass is 10.1. The topological polar surface area (TPSA) is 56.8 Å². The van der Waals surface area contributed by atoms with Crippen LogP contribution in [0.3, 0.4) is 0 Å². The van der Waals surface area contributed by atoms with E-state index in [9.17, 15) is 4.79 Å². The second kappa shape index (κ2) is 7.38. The predicted octanol–water partition coefficient (Wildman–Crippen LogP) is 1.58. The SMILES string of the molecule is CCOC(OCC)/C(NC(C)C)=C1\CCOC1=O. The van der Waals surface area contributed by atoms with E-state index in [1.54, 1.807) is 0 Å². The van der Waals surface area contributed by atoms with E-state index in [1.807, 2.05) is 27.7 Å². The van der Waals surface area contributed by atoms with E-state index in [1.165, 1.54) is 0 Å². The Morgan fingerprint density at radius 1 is 1.33 bits per heavy atom. The van der Waals surface area contributed by atoms with Crippen LogP contribution in [-0.2, 0) is 19.0 Å². The van der Waals surface area contributed by atoms with Crippen molar-refractivity contribution >= 4 is 5.97 Å². The molecule has 18 heavy (non-hydrogen) atoms. The molecule has 0 bridgehead atoms. The highest BCUT2D eigenvalue weighted by atomic mass is 16.7. The molecule has 0 saturated carbocycles. The molecule has 0 radical (unpaired) electrons. The molecule has 0 spiro atoms. The van der Waals surface area contributed by atoms with E-state index in [2.05, 4.69) is 5.32 Å². The summed E-state index contributed by atoms with van der Waals surface area (Å²) in [4.78, 5) is 11.7. The fourth-order valence-corrected chi connectivity index (χ4v) is 1.81. The number of esters is 1. The van der Waals surface area contributed by atoms with Gasteiger partial charge in [0.2, 0.25) is 0 Å². The van der Waals surface area contributed by atoms with E-state index < -0.39 is 6.29 Å². The molecule has 104 valence electrons. The molecular weight excluding hydrogens is 234 g/mol. The normalized spacial score (nSPS) is 18.4. The molecule has 1 rings (SSSR count). The molecule has 1 heterocycles. The Balaban J connectivity index is 2.97. The van der Waals surface area contributed by atoms with Gasteiger partial charge in [0.15, 0.2) is 6.29 Å². The Morgan fingerprint density at radius 2 is 1.94 bits per heavy atom. The molecule has 0 unspecified atom stereocenters. The minimum Gasteiger partial charge on any atom is -0.462 e. The molecule has 0 amide bonds. The zero-order valence-corrected chi connectivity index (χ0v) is 11.6. The van der Waals surface area contributed by atoms with Gasteiger partial charge in [0.1, 0.15) is 0 Å². The van der Waals surface area contributed by atoms with Crippen molar-refractivity contribution < 1.29 is 19.0 Å². The first kappa shape index (κ1) is 15.0.